The third-order valence-electron chi connectivity index (χ3n) is 7.95. The maximum Gasteiger partial charge on any atom is 0.323 e. The van der Waals surface area contributed by atoms with Crippen molar-refractivity contribution in [2.45, 2.75) is 32.4 Å². The molecule has 5 amide bonds. The molecule has 13 nitrogen and oxygen atoms in total. The van der Waals surface area contributed by atoms with Crippen LogP contribution in [0.2, 0.25) is 0 Å². The van der Waals surface area contributed by atoms with Crippen molar-refractivity contribution in [3.05, 3.63) is 66.2 Å². The molecule has 2 aliphatic heterocycles. The fourth-order valence-corrected chi connectivity index (χ4v) is 5.24. The summed E-state index contributed by atoms with van der Waals surface area (Å²) in [7, 11) is 3.25. The molecule has 0 radical (unpaired) electrons. The van der Waals surface area contributed by atoms with Crippen molar-refractivity contribution in [1.82, 2.24) is 9.80 Å². The molecule has 0 bridgehead atoms. The van der Waals surface area contributed by atoms with Gasteiger partial charge in [-0.1, -0.05) is 6.92 Å². The Labute approximate surface area is 267 Å². The topological polar surface area (TPSA) is 151 Å². The highest BCUT2D eigenvalue weighted by Crippen LogP contribution is 2.34. The highest BCUT2D eigenvalue weighted by molar-refractivity contribution is 6.00. The standard InChI is InChI=1S/C33H39N5O8/c1-20-16-38(21(2)18-39)31(40)14-22-13-24(34-32(41)35-25-8-12-28-29(15-25)45-19-44-28)7-11-27(22)46-30(20)17-37(3)33(42)36-23-5-9-26(43-4)10-6-23/h5-13,15,20-21,30,39H,14,16-19H2,1-4H3,(H,36,42)(H2,34,35,41)/t20-,21+,30+/m1/s1. The monoisotopic (exact) mass is 633 g/mol. The van der Waals surface area contributed by atoms with Crippen molar-refractivity contribution in [3.63, 3.8) is 0 Å². The molecule has 0 aliphatic carbocycles. The molecular weight excluding hydrogens is 594 g/mol. The van der Waals surface area contributed by atoms with E-state index in [9.17, 15) is 19.5 Å². The second kappa shape index (κ2) is 14.3. The molecule has 0 aromatic heterocycles. The first-order chi connectivity index (χ1) is 22.1. The molecule has 3 aromatic rings. The Morgan fingerprint density at radius 2 is 1.63 bits per heavy atom. The lowest BCUT2D eigenvalue weighted by molar-refractivity contribution is -0.134. The summed E-state index contributed by atoms with van der Waals surface area (Å²) in [6.45, 7) is 4.19. The smallest absolute Gasteiger partial charge is 0.323 e. The molecule has 0 fully saturated rings. The Morgan fingerprint density at radius 1 is 0.978 bits per heavy atom. The van der Waals surface area contributed by atoms with Gasteiger partial charge in [-0.05, 0) is 61.5 Å². The number of anilines is 3. The van der Waals surface area contributed by atoms with Crippen LogP contribution < -0.4 is 34.9 Å². The number of hydrogen-bond acceptors (Lipinski definition) is 8. The van der Waals surface area contributed by atoms with Gasteiger partial charge in [0.05, 0.1) is 32.7 Å². The van der Waals surface area contributed by atoms with E-state index in [1.54, 1.807) is 86.6 Å². The van der Waals surface area contributed by atoms with Gasteiger partial charge in [-0.3, -0.25) is 4.79 Å². The van der Waals surface area contributed by atoms with Gasteiger partial charge in [-0.25, -0.2) is 9.59 Å². The summed E-state index contributed by atoms with van der Waals surface area (Å²) in [5, 5.41) is 18.4. The van der Waals surface area contributed by atoms with Gasteiger partial charge in [0.25, 0.3) is 0 Å². The zero-order valence-corrected chi connectivity index (χ0v) is 26.2. The number of aliphatic hydroxyl groups is 1. The predicted molar refractivity (Wildman–Crippen MR) is 172 cm³/mol. The van der Waals surface area contributed by atoms with Crippen LogP contribution in [0.15, 0.2) is 60.7 Å². The number of nitrogens with one attached hydrogen (secondary N) is 3. The normalized spacial score (nSPS) is 17.8. The lowest BCUT2D eigenvalue weighted by Crippen LogP contribution is -2.48. The highest BCUT2D eigenvalue weighted by atomic mass is 16.7. The van der Waals surface area contributed by atoms with Gasteiger partial charge in [0.2, 0.25) is 12.7 Å². The van der Waals surface area contributed by atoms with Gasteiger partial charge in [-0.15, -0.1) is 0 Å². The van der Waals surface area contributed by atoms with E-state index in [0.717, 1.165) is 0 Å². The number of likely N-dealkylation sites (N-methyl/N-ethyl adjacent to an activating group) is 1. The summed E-state index contributed by atoms with van der Waals surface area (Å²) in [6.07, 6.45) is -0.510. The number of amides is 5. The van der Waals surface area contributed by atoms with E-state index in [-0.39, 0.29) is 44.2 Å². The first-order valence-corrected chi connectivity index (χ1v) is 15.0. The fraction of sp³-hybridized carbons (Fsp3) is 0.364. The zero-order valence-electron chi connectivity index (χ0n) is 26.2. The van der Waals surface area contributed by atoms with Crippen LogP contribution in [0.1, 0.15) is 19.4 Å². The molecule has 46 heavy (non-hydrogen) atoms. The number of rotatable bonds is 8. The van der Waals surface area contributed by atoms with Crippen LogP contribution in [0.25, 0.3) is 0 Å². The summed E-state index contributed by atoms with van der Waals surface area (Å²) in [4.78, 5) is 42.6. The van der Waals surface area contributed by atoms with E-state index < -0.39 is 18.2 Å². The molecule has 5 rings (SSSR count). The molecule has 0 unspecified atom stereocenters. The van der Waals surface area contributed by atoms with Crippen molar-refractivity contribution in [2.75, 3.05) is 56.6 Å². The molecule has 3 aromatic carbocycles. The minimum atomic E-state index is -0.502. The molecule has 244 valence electrons. The van der Waals surface area contributed by atoms with Crippen molar-refractivity contribution in [3.8, 4) is 23.0 Å². The third kappa shape index (κ3) is 7.72. The Hall–Kier alpha value is -5.17. The summed E-state index contributed by atoms with van der Waals surface area (Å²) in [5.41, 5.74) is 2.15. The number of methoxy groups -OCH3 is 1. The number of carbonyl (C=O) groups is 3. The number of ether oxygens (including phenoxy) is 4. The SMILES string of the molecule is COc1ccc(NC(=O)N(C)C[C@@H]2Oc3ccc(NC(=O)Nc4ccc5c(c4)OCO5)cc3CC(=O)N([C@@H](C)CO)C[C@H]2C)cc1. The minimum Gasteiger partial charge on any atom is -0.497 e. The number of nitrogens with zero attached hydrogens (tertiary/aromatic N) is 2. The van der Waals surface area contributed by atoms with Crippen molar-refractivity contribution in [2.24, 2.45) is 5.92 Å². The lowest BCUT2D eigenvalue weighted by atomic mass is 10.0. The Balaban J connectivity index is 1.33. The van der Waals surface area contributed by atoms with E-state index in [1.807, 2.05) is 6.92 Å². The van der Waals surface area contributed by atoms with E-state index in [1.165, 1.54) is 4.90 Å². The molecule has 4 N–H and O–H groups in total. The van der Waals surface area contributed by atoms with E-state index in [2.05, 4.69) is 16.0 Å². The van der Waals surface area contributed by atoms with Crippen molar-refractivity contribution < 1.29 is 38.4 Å². The quantitative estimate of drug-likeness (QED) is 0.285. The maximum atomic E-state index is 13.5. The Bertz CT molecular complexity index is 1570. The largest absolute Gasteiger partial charge is 0.497 e. The van der Waals surface area contributed by atoms with Crippen LogP contribution in [-0.4, -0.2) is 85.7 Å². The van der Waals surface area contributed by atoms with Gasteiger partial charge < -0.3 is 49.8 Å². The number of benzene rings is 3. The summed E-state index contributed by atoms with van der Waals surface area (Å²) < 4.78 is 22.4. The first kappa shape index (κ1) is 32.2. The average molecular weight is 634 g/mol. The molecule has 0 saturated heterocycles. The summed E-state index contributed by atoms with van der Waals surface area (Å²) >= 11 is 0. The van der Waals surface area contributed by atoms with Gasteiger partial charge in [0.15, 0.2) is 11.5 Å². The first-order valence-electron chi connectivity index (χ1n) is 15.0. The summed E-state index contributed by atoms with van der Waals surface area (Å²) in [6, 6.07) is 16.0. The van der Waals surface area contributed by atoms with E-state index in [4.69, 9.17) is 18.9 Å². The zero-order chi connectivity index (χ0) is 32.8. The number of hydrogen-bond donors (Lipinski definition) is 4. The van der Waals surface area contributed by atoms with Crippen molar-refractivity contribution >= 4 is 35.0 Å². The lowest BCUT2D eigenvalue weighted by Gasteiger charge is -2.34. The number of aliphatic hydroxyl groups excluding tert-OH is 1. The molecular formula is C33H39N5O8. The molecule has 0 saturated carbocycles. The summed E-state index contributed by atoms with van der Waals surface area (Å²) in [5.74, 6) is 1.90. The third-order valence-corrected chi connectivity index (χ3v) is 7.95. The second-order valence-corrected chi connectivity index (χ2v) is 11.4. The van der Waals surface area contributed by atoms with Gasteiger partial charge in [0.1, 0.15) is 17.6 Å². The van der Waals surface area contributed by atoms with Gasteiger partial charge in [-0.2, -0.15) is 0 Å². The molecule has 0 spiro atoms. The number of fused-ring (bicyclic) bond motifs is 2. The van der Waals surface area contributed by atoms with Crippen LogP contribution in [0.5, 0.6) is 23.0 Å². The van der Waals surface area contributed by atoms with Crippen LogP contribution in [0, 0.1) is 5.92 Å². The van der Waals surface area contributed by atoms with Crippen LogP contribution in [0.3, 0.4) is 0 Å². The second-order valence-electron chi connectivity index (χ2n) is 11.4. The van der Waals surface area contributed by atoms with Crippen LogP contribution in [0.4, 0.5) is 26.7 Å². The van der Waals surface area contributed by atoms with E-state index in [0.29, 0.717) is 52.2 Å². The van der Waals surface area contributed by atoms with Gasteiger partial charge >= 0.3 is 12.1 Å². The Kier molecular flexibility index (Phi) is 10.0. The van der Waals surface area contributed by atoms with Crippen molar-refractivity contribution in [1.29, 1.82) is 0 Å². The predicted octanol–water partition coefficient (Wildman–Crippen LogP) is 4.38. The molecule has 2 heterocycles. The Morgan fingerprint density at radius 3 is 2.33 bits per heavy atom. The fourth-order valence-electron chi connectivity index (χ4n) is 5.24. The molecule has 2 aliphatic rings. The van der Waals surface area contributed by atoms with E-state index >= 15 is 0 Å². The minimum absolute atomic E-state index is 0.00773. The van der Waals surface area contributed by atoms with Crippen LogP contribution in [-0.2, 0) is 11.2 Å². The van der Waals surface area contributed by atoms with Crippen LogP contribution >= 0.6 is 0 Å². The maximum absolute atomic E-state index is 13.5. The molecule has 3 atom stereocenters. The number of urea groups is 2. The van der Waals surface area contributed by atoms with Gasteiger partial charge in [0, 0.05) is 48.2 Å². The molecule has 13 heteroatoms. The number of carbonyl (C=O) groups excluding carboxylic acids is 3. The average Bonchev–Trinajstić information content (AvgIpc) is 3.53. The highest BCUT2D eigenvalue weighted by Gasteiger charge is 2.32.